The second-order valence-electron chi connectivity index (χ2n) is 7.56. The predicted octanol–water partition coefficient (Wildman–Crippen LogP) is 4.98. The zero-order chi connectivity index (χ0) is 18.9. The van der Waals surface area contributed by atoms with Crippen molar-refractivity contribution in [2.24, 2.45) is 11.3 Å². The Bertz CT molecular complexity index is 450. The van der Waals surface area contributed by atoms with Crippen molar-refractivity contribution in [3.8, 4) is 0 Å². The van der Waals surface area contributed by atoms with Gasteiger partial charge < -0.3 is 9.47 Å². The number of hydrogen-bond acceptors (Lipinski definition) is 4. The lowest BCUT2D eigenvalue weighted by Gasteiger charge is -2.40. The van der Waals surface area contributed by atoms with Crippen molar-refractivity contribution in [3.63, 3.8) is 0 Å². The molecule has 0 heterocycles. The summed E-state index contributed by atoms with van der Waals surface area (Å²) in [5.74, 6) is 0.140. The molecule has 0 radical (unpaired) electrons. The molecule has 0 N–H and O–H groups in total. The summed E-state index contributed by atoms with van der Waals surface area (Å²) in [5, 5.41) is 0. The predicted molar refractivity (Wildman–Crippen MR) is 100 cm³/mol. The highest BCUT2D eigenvalue weighted by atomic mass is 16.5. The molecule has 0 saturated heterocycles. The molecule has 0 aromatic rings. The summed E-state index contributed by atoms with van der Waals surface area (Å²) in [4.78, 5) is 23.2. The van der Waals surface area contributed by atoms with Gasteiger partial charge in [-0.15, -0.1) is 0 Å². The van der Waals surface area contributed by atoms with Crippen molar-refractivity contribution in [3.05, 3.63) is 24.3 Å². The highest BCUT2D eigenvalue weighted by Crippen LogP contribution is 2.45. The van der Waals surface area contributed by atoms with Gasteiger partial charge in [0.1, 0.15) is 0 Å². The van der Waals surface area contributed by atoms with Crippen molar-refractivity contribution in [1.82, 2.24) is 0 Å². The lowest BCUT2D eigenvalue weighted by molar-refractivity contribution is -0.140. The molecular weight excluding hydrogens is 316 g/mol. The van der Waals surface area contributed by atoms with Crippen molar-refractivity contribution in [1.29, 1.82) is 0 Å². The van der Waals surface area contributed by atoms with Crippen LogP contribution in [0.4, 0.5) is 0 Å². The van der Waals surface area contributed by atoms with Gasteiger partial charge in [0.25, 0.3) is 0 Å². The van der Waals surface area contributed by atoms with Crippen LogP contribution in [-0.4, -0.2) is 25.2 Å². The molecule has 1 rings (SSSR count). The van der Waals surface area contributed by atoms with Crippen molar-refractivity contribution >= 4 is 11.9 Å². The molecule has 4 nitrogen and oxygen atoms in total. The molecule has 4 heteroatoms. The minimum Gasteiger partial charge on any atom is -0.462 e. The third kappa shape index (κ3) is 7.45. The smallest absolute Gasteiger partial charge is 0.333 e. The largest absolute Gasteiger partial charge is 0.462 e. The second kappa shape index (κ2) is 10.4. The topological polar surface area (TPSA) is 52.6 Å². The van der Waals surface area contributed by atoms with Gasteiger partial charge in [-0.05, 0) is 63.7 Å². The van der Waals surface area contributed by atoms with E-state index in [4.69, 9.17) is 9.47 Å². The first-order valence-corrected chi connectivity index (χ1v) is 9.45. The molecule has 142 valence electrons. The van der Waals surface area contributed by atoms with E-state index in [2.05, 4.69) is 20.1 Å². The van der Waals surface area contributed by atoms with Crippen LogP contribution >= 0.6 is 0 Å². The van der Waals surface area contributed by atoms with Crippen molar-refractivity contribution < 1.29 is 19.1 Å². The van der Waals surface area contributed by atoms with Gasteiger partial charge in [0, 0.05) is 11.1 Å². The number of esters is 2. The van der Waals surface area contributed by atoms with Crippen LogP contribution < -0.4 is 0 Å². The highest BCUT2D eigenvalue weighted by molar-refractivity contribution is 5.87. The second-order valence-corrected chi connectivity index (χ2v) is 7.56. The molecule has 0 unspecified atom stereocenters. The Hall–Kier alpha value is -1.58. The quantitative estimate of drug-likeness (QED) is 0.412. The fourth-order valence-corrected chi connectivity index (χ4v) is 3.58. The van der Waals surface area contributed by atoms with Crippen LogP contribution in [0.15, 0.2) is 24.3 Å². The first-order valence-electron chi connectivity index (χ1n) is 9.45. The maximum Gasteiger partial charge on any atom is 0.333 e. The van der Waals surface area contributed by atoms with Crippen LogP contribution in [0.2, 0.25) is 0 Å². The third-order valence-corrected chi connectivity index (χ3v) is 5.29. The van der Waals surface area contributed by atoms with E-state index in [0.717, 1.165) is 31.6 Å². The molecule has 0 aromatic carbocycles. The summed E-state index contributed by atoms with van der Waals surface area (Å²) < 4.78 is 10.6. The van der Waals surface area contributed by atoms with E-state index in [1.807, 2.05) is 0 Å². The van der Waals surface area contributed by atoms with Crippen LogP contribution in [0.1, 0.15) is 72.1 Å². The van der Waals surface area contributed by atoms with Gasteiger partial charge in [-0.3, -0.25) is 0 Å². The van der Waals surface area contributed by atoms with E-state index >= 15 is 0 Å². The lowest BCUT2D eigenvalue weighted by atomic mass is 9.66. The van der Waals surface area contributed by atoms with Gasteiger partial charge in [-0.2, -0.15) is 0 Å². The SMILES string of the molecule is C=C(C)C(=O)OCCC1(CCOC(=O)C(=C)C)CCC(CCC)CC1. The zero-order valence-corrected chi connectivity index (χ0v) is 16.2. The van der Waals surface area contributed by atoms with E-state index in [1.54, 1.807) is 13.8 Å². The normalized spacial score (nSPS) is 16.9. The Kier molecular flexibility index (Phi) is 8.95. The van der Waals surface area contributed by atoms with Crippen LogP contribution in [-0.2, 0) is 19.1 Å². The van der Waals surface area contributed by atoms with Crippen molar-refractivity contribution in [2.75, 3.05) is 13.2 Å². The standard InChI is InChI=1S/C21H34O4/c1-6-7-18-8-10-21(11-9-18,12-14-24-19(22)16(2)3)13-15-25-20(23)17(4)5/h18H,2,4,6-15H2,1,3,5H3. The molecule has 0 aliphatic heterocycles. The summed E-state index contributed by atoms with van der Waals surface area (Å²) in [6.45, 7) is 13.6. The molecular formula is C21H34O4. The van der Waals surface area contributed by atoms with Gasteiger partial charge >= 0.3 is 11.9 Å². The van der Waals surface area contributed by atoms with Gasteiger partial charge in [0.15, 0.2) is 0 Å². The maximum absolute atomic E-state index is 11.6. The summed E-state index contributed by atoms with van der Waals surface area (Å²) in [5.41, 5.74) is 0.946. The van der Waals surface area contributed by atoms with E-state index < -0.39 is 0 Å². The van der Waals surface area contributed by atoms with Crippen molar-refractivity contribution in [2.45, 2.75) is 72.1 Å². The Morgan fingerprint density at radius 2 is 1.40 bits per heavy atom. The van der Waals surface area contributed by atoms with E-state index in [0.29, 0.717) is 24.4 Å². The molecule has 1 aliphatic carbocycles. The number of carbonyl (C=O) groups excluding carboxylic acids is 2. The Morgan fingerprint density at radius 1 is 0.960 bits per heavy atom. The zero-order valence-electron chi connectivity index (χ0n) is 16.2. The van der Waals surface area contributed by atoms with Crippen LogP contribution in [0.25, 0.3) is 0 Å². The monoisotopic (exact) mass is 350 g/mol. The molecule has 0 atom stereocenters. The minimum atomic E-state index is -0.330. The van der Waals surface area contributed by atoms with E-state index in [1.165, 1.54) is 25.7 Å². The first-order chi connectivity index (χ1) is 11.8. The third-order valence-electron chi connectivity index (χ3n) is 5.29. The molecule has 25 heavy (non-hydrogen) atoms. The van der Waals surface area contributed by atoms with Crippen LogP contribution in [0.3, 0.4) is 0 Å². The number of hydrogen-bond donors (Lipinski definition) is 0. The lowest BCUT2D eigenvalue weighted by Crippen LogP contribution is -2.31. The summed E-state index contributed by atoms with van der Waals surface area (Å²) in [6.07, 6.45) is 8.76. The summed E-state index contributed by atoms with van der Waals surface area (Å²) in [7, 11) is 0. The Balaban J connectivity index is 2.57. The maximum atomic E-state index is 11.6. The van der Waals surface area contributed by atoms with Crippen LogP contribution in [0, 0.1) is 11.3 Å². The fourth-order valence-electron chi connectivity index (χ4n) is 3.58. The molecule has 0 spiro atoms. The fraction of sp³-hybridized carbons (Fsp3) is 0.714. The molecule has 1 saturated carbocycles. The summed E-state index contributed by atoms with van der Waals surface area (Å²) >= 11 is 0. The van der Waals surface area contributed by atoms with Gasteiger partial charge in [-0.25, -0.2) is 9.59 Å². The van der Waals surface area contributed by atoms with Crippen LogP contribution in [0.5, 0.6) is 0 Å². The number of ether oxygens (including phenoxy) is 2. The average Bonchev–Trinajstić information content (AvgIpc) is 2.56. The first kappa shape index (κ1) is 21.5. The molecule has 0 aromatic heterocycles. The minimum absolute atomic E-state index is 0.0922. The van der Waals surface area contributed by atoms with E-state index in [9.17, 15) is 9.59 Å². The summed E-state index contributed by atoms with van der Waals surface area (Å²) in [6, 6.07) is 0. The number of rotatable bonds is 10. The highest BCUT2D eigenvalue weighted by Gasteiger charge is 2.35. The van der Waals surface area contributed by atoms with Gasteiger partial charge in [-0.1, -0.05) is 32.9 Å². The molecule has 1 aliphatic rings. The number of carbonyl (C=O) groups is 2. The van der Waals surface area contributed by atoms with E-state index in [-0.39, 0.29) is 17.4 Å². The molecule has 1 fully saturated rings. The van der Waals surface area contributed by atoms with Gasteiger partial charge in [0.2, 0.25) is 0 Å². The Labute approximate surface area is 152 Å². The van der Waals surface area contributed by atoms with Gasteiger partial charge in [0.05, 0.1) is 13.2 Å². The average molecular weight is 350 g/mol. The molecule has 0 bridgehead atoms. The Morgan fingerprint density at radius 3 is 1.76 bits per heavy atom. The molecule has 0 amide bonds.